The molecule has 0 saturated carbocycles. The van der Waals surface area contributed by atoms with Crippen LogP contribution in [0.3, 0.4) is 0 Å². The predicted octanol–water partition coefficient (Wildman–Crippen LogP) is 0.184. The fourth-order valence-electron chi connectivity index (χ4n) is 3.19. The van der Waals surface area contributed by atoms with Gasteiger partial charge in [-0.3, -0.25) is 14.7 Å². The van der Waals surface area contributed by atoms with Gasteiger partial charge in [-0.1, -0.05) is 30.4 Å². The molecule has 9 heteroatoms. The molecular formula is C21H30N6O3. The van der Waals surface area contributed by atoms with Crippen LogP contribution in [0.5, 0.6) is 0 Å². The molecule has 1 saturated heterocycles. The lowest BCUT2D eigenvalue weighted by Gasteiger charge is -2.37. The van der Waals surface area contributed by atoms with Crippen LogP contribution >= 0.6 is 0 Å². The van der Waals surface area contributed by atoms with Crippen molar-refractivity contribution in [1.29, 1.82) is 0 Å². The van der Waals surface area contributed by atoms with Crippen LogP contribution in [0.25, 0.3) is 0 Å². The second-order valence-corrected chi connectivity index (χ2v) is 6.63. The first-order valence-corrected chi connectivity index (χ1v) is 9.77. The van der Waals surface area contributed by atoms with E-state index in [4.69, 9.17) is 21.4 Å². The summed E-state index contributed by atoms with van der Waals surface area (Å²) in [6.45, 7) is 4.32. The van der Waals surface area contributed by atoms with Gasteiger partial charge in [-0.25, -0.2) is 0 Å². The number of rotatable bonds is 8. The number of amidine groups is 1. The minimum Gasteiger partial charge on any atom is -0.382 e. The van der Waals surface area contributed by atoms with Gasteiger partial charge >= 0.3 is 0 Å². The van der Waals surface area contributed by atoms with Crippen molar-refractivity contribution in [3.8, 4) is 0 Å². The van der Waals surface area contributed by atoms with Crippen molar-refractivity contribution in [2.45, 2.75) is 13.0 Å². The topological polar surface area (TPSA) is 139 Å². The Kier molecular flexibility index (Phi) is 9.72. The van der Waals surface area contributed by atoms with Gasteiger partial charge in [0.05, 0.1) is 19.1 Å². The Morgan fingerprint density at radius 3 is 2.83 bits per heavy atom. The Morgan fingerprint density at radius 1 is 1.40 bits per heavy atom. The van der Waals surface area contributed by atoms with Crippen LogP contribution in [-0.2, 0) is 9.53 Å². The summed E-state index contributed by atoms with van der Waals surface area (Å²) in [6.07, 6.45) is 15.9. The molecule has 1 aliphatic carbocycles. The number of carbonyl (C=O) groups excluding carboxylic acids is 1. The average Bonchev–Trinajstić information content (AvgIpc) is 2.79. The van der Waals surface area contributed by atoms with Crippen molar-refractivity contribution < 1.29 is 14.6 Å². The van der Waals surface area contributed by atoms with Gasteiger partial charge in [0.1, 0.15) is 12.6 Å². The highest BCUT2D eigenvalue weighted by atomic mass is 16.5. The third-order valence-corrected chi connectivity index (χ3v) is 4.69. The van der Waals surface area contributed by atoms with Crippen molar-refractivity contribution in [2.75, 3.05) is 33.0 Å². The van der Waals surface area contributed by atoms with Crippen LogP contribution in [0.15, 0.2) is 70.0 Å². The van der Waals surface area contributed by atoms with E-state index < -0.39 is 5.92 Å². The molecule has 0 aromatic heterocycles. The molecule has 162 valence electrons. The van der Waals surface area contributed by atoms with E-state index in [9.17, 15) is 4.79 Å². The number of aliphatic hydroxyl groups excluding tert-OH is 1. The van der Waals surface area contributed by atoms with E-state index in [0.717, 1.165) is 13.1 Å². The lowest BCUT2D eigenvalue weighted by atomic mass is 9.88. The van der Waals surface area contributed by atoms with Gasteiger partial charge in [0, 0.05) is 36.6 Å². The maximum atomic E-state index is 13.2. The number of nitrogens with two attached hydrogens (primary N) is 2. The van der Waals surface area contributed by atoms with E-state index in [0.29, 0.717) is 24.5 Å². The van der Waals surface area contributed by atoms with Gasteiger partial charge in [-0.2, -0.15) is 5.10 Å². The molecule has 1 aliphatic heterocycles. The average molecular weight is 415 g/mol. The monoisotopic (exact) mass is 414 g/mol. The van der Waals surface area contributed by atoms with E-state index in [-0.39, 0.29) is 24.5 Å². The number of hydrogen-bond donors (Lipinski definition) is 4. The number of ether oxygens (including phenoxy) is 1. The zero-order valence-corrected chi connectivity index (χ0v) is 17.1. The van der Waals surface area contributed by atoms with Crippen LogP contribution in [0.1, 0.15) is 6.92 Å². The molecule has 2 rings (SSSR count). The Hall–Kier alpha value is -3.01. The minimum absolute atomic E-state index is 0.133. The predicted molar refractivity (Wildman–Crippen MR) is 118 cm³/mol. The number of morpholine rings is 1. The maximum absolute atomic E-state index is 13.2. The van der Waals surface area contributed by atoms with E-state index in [1.807, 2.05) is 31.2 Å². The lowest BCUT2D eigenvalue weighted by Crippen LogP contribution is -2.50. The van der Waals surface area contributed by atoms with E-state index in [1.54, 1.807) is 24.3 Å². The summed E-state index contributed by atoms with van der Waals surface area (Å²) in [5, 5.41) is 15.3. The molecule has 2 unspecified atom stereocenters. The summed E-state index contributed by atoms with van der Waals surface area (Å²) in [7, 11) is 0. The van der Waals surface area contributed by atoms with E-state index in [1.165, 1.54) is 6.21 Å². The van der Waals surface area contributed by atoms with Gasteiger partial charge in [-0.05, 0) is 25.2 Å². The SMILES string of the molecule is C/C=C/C=C(\C=C/C=N/CO)NC(=O)C1C=C(/C(N)=N/N)C=CC1N1CCOCC1. The number of carbonyl (C=O) groups is 1. The normalized spacial score (nSPS) is 24.1. The number of aliphatic imine (C=N–C) groups is 1. The fourth-order valence-corrected chi connectivity index (χ4v) is 3.19. The molecule has 1 heterocycles. The molecular weight excluding hydrogens is 384 g/mol. The third kappa shape index (κ3) is 6.80. The number of allylic oxidation sites excluding steroid dienone is 5. The second kappa shape index (κ2) is 12.5. The maximum Gasteiger partial charge on any atom is 0.233 e. The molecule has 0 aromatic carbocycles. The first-order chi connectivity index (χ1) is 14.6. The van der Waals surface area contributed by atoms with Crippen molar-refractivity contribution in [2.24, 2.45) is 27.6 Å². The van der Waals surface area contributed by atoms with Crippen LogP contribution in [-0.4, -0.2) is 67.0 Å². The molecule has 30 heavy (non-hydrogen) atoms. The quantitative estimate of drug-likeness (QED) is 0.147. The second-order valence-electron chi connectivity index (χ2n) is 6.63. The number of hydrogen-bond acceptors (Lipinski definition) is 7. The molecule has 1 fully saturated rings. The van der Waals surface area contributed by atoms with Gasteiger partial charge < -0.3 is 26.7 Å². The van der Waals surface area contributed by atoms with Crippen LogP contribution in [0.2, 0.25) is 0 Å². The first kappa shape index (κ1) is 23.3. The highest BCUT2D eigenvalue weighted by molar-refractivity contribution is 6.00. The molecule has 2 aliphatic rings. The molecule has 6 N–H and O–H groups in total. The Morgan fingerprint density at radius 2 is 2.17 bits per heavy atom. The molecule has 2 atom stereocenters. The van der Waals surface area contributed by atoms with Crippen LogP contribution < -0.4 is 16.9 Å². The van der Waals surface area contributed by atoms with Crippen molar-refractivity contribution in [3.05, 3.63) is 59.9 Å². The Labute approximate surface area is 176 Å². The van der Waals surface area contributed by atoms with Crippen molar-refractivity contribution in [1.82, 2.24) is 10.2 Å². The van der Waals surface area contributed by atoms with E-state index >= 15 is 0 Å². The molecule has 1 amide bonds. The third-order valence-electron chi connectivity index (χ3n) is 4.69. The minimum atomic E-state index is -0.489. The van der Waals surface area contributed by atoms with Crippen LogP contribution in [0.4, 0.5) is 0 Å². The summed E-state index contributed by atoms with van der Waals surface area (Å²) >= 11 is 0. The smallest absolute Gasteiger partial charge is 0.233 e. The summed E-state index contributed by atoms with van der Waals surface area (Å²) in [5.74, 6) is 4.83. The lowest BCUT2D eigenvalue weighted by molar-refractivity contribution is -0.124. The Bertz CT molecular complexity index is 789. The largest absolute Gasteiger partial charge is 0.382 e. The van der Waals surface area contributed by atoms with Gasteiger partial charge in [0.15, 0.2) is 0 Å². The van der Waals surface area contributed by atoms with Gasteiger partial charge in [-0.15, -0.1) is 0 Å². The number of aliphatic hydroxyl groups is 1. The van der Waals surface area contributed by atoms with Crippen LogP contribution in [0, 0.1) is 5.92 Å². The summed E-state index contributed by atoms with van der Waals surface area (Å²) in [5.41, 5.74) is 7.08. The molecule has 0 radical (unpaired) electrons. The summed E-state index contributed by atoms with van der Waals surface area (Å²) < 4.78 is 5.44. The fraction of sp³-hybridized carbons (Fsp3) is 0.381. The molecule has 0 spiro atoms. The first-order valence-electron chi connectivity index (χ1n) is 9.77. The summed E-state index contributed by atoms with van der Waals surface area (Å²) in [4.78, 5) is 19.2. The molecule has 9 nitrogen and oxygen atoms in total. The highest BCUT2D eigenvalue weighted by Crippen LogP contribution is 2.24. The zero-order chi connectivity index (χ0) is 21.8. The number of hydrazone groups is 1. The highest BCUT2D eigenvalue weighted by Gasteiger charge is 2.33. The van der Waals surface area contributed by atoms with E-state index in [2.05, 4.69) is 20.3 Å². The van der Waals surface area contributed by atoms with Gasteiger partial charge in [0.2, 0.25) is 5.91 Å². The van der Waals surface area contributed by atoms with Crippen molar-refractivity contribution >= 4 is 18.0 Å². The standard InChI is InChI=1S/C21H30N6O3/c1-2-3-5-17(6-4-9-24-15-28)25-21(29)18-14-16(20(22)26-23)7-8-19(18)27-10-12-30-13-11-27/h2-9,14,18-19,28H,10-13,15,23H2,1H3,(H2,22,26)(H,25,29)/b3-2+,6-4-,17-5+,24-9+. The number of nitrogens with one attached hydrogen (secondary N) is 1. The zero-order valence-electron chi connectivity index (χ0n) is 17.1. The van der Waals surface area contributed by atoms with Gasteiger partial charge in [0.25, 0.3) is 0 Å². The summed E-state index contributed by atoms with van der Waals surface area (Å²) in [6, 6.07) is -0.133. The number of amides is 1. The van der Waals surface area contributed by atoms with Crippen molar-refractivity contribution in [3.63, 3.8) is 0 Å². The molecule has 0 aromatic rings. The molecule has 0 bridgehead atoms. The number of nitrogens with zero attached hydrogens (tertiary/aromatic N) is 3. The Balaban J connectivity index is 2.26.